The first kappa shape index (κ1) is 7.55. The van der Waals surface area contributed by atoms with Gasteiger partial charge in [-0.3, -0.25) is 0 Å². The first-order chi connectivity index (χ1) is 4.84. The Balaban J connectivity index is 2.96. The summed E-state index contributed by atoms with van der Waals surface area (Å²) in [5.74, 6) is 0. The third-order valence-electron chi connectivity index (χ3n) is 1.39. The van der Waals surface area contributed by atoms with Gasteiger partial charge in [0.25, 0.3) is 0 Å². The molecule has 0 heterocycles. The minimum Gasteiger partial charge on any atom is -0.0622 e. The largest absolute Gasteiger partial charge is 0.0622 e. The maximum atomic E-state index is 3.29. The van der Waals surface area contributed by atoms with Gasteiger partial charge in [-0.15, -0.1) is 0 Å². The van der Waals surface area contributed by atoms with E-state index < -0.39 is 0 Å². The van der Waals surface area contributed by atoms with Crippen LogP contribution in [0.1, 0.15) is 12.5 Å². The van der Waals surface area contributed by atoms with Crippen molar-refractivity contribution >= 4 is 21.5 Å². The molecule has 1 heteroatoms. The van der Waals surface area contributed by atoms with Gasteiger partial charge in [-0.1, -0.05) is 46.3 Å². The number of hydrogen-bond donors (Lipinski definition) is 0. The average molecular weight is 197 g/mol. The van der Waals surface area contributed by atoms with Gasteiger partial charge in [0.2, 0.25) is 0 Å². The lowest BCUT2D eigenvalue weighted by molar-refractivity contribution is 1.58. The molecule has 0 unspecified atom stereocenters. The van der Waals surface area contributed by atoms with E-state index in [4.69, 9.17) is 0 Å². The molecule has 0 saturated carbocycles. The summed E-state index contributed by atoms with van der Waals surface area (Å²) in [6, 6.07) is 10.3. The number of benzene rings is 1. The average Bonchev–Trinajstić information content (AvgIpc) is 2.05. The fraction of sp³-hybridized carbons (Fsp3) is 0.111. The Labute approximate surface area is 69.7 Å². The highest BCUT2D eigenvalue weighted by Crippen LogP contribution is 2.13. The normalized spacial score (nSPS) is 11.6. The van der Waals surface area contributed by atoms with Gasteiger partial charge in [-0.05, 0) is 23.0 Å². The van der Waals surface area contributed by atoms with Crippen LogP contribution in [-0.2, 0) is 0 Å². The van der Waals surface area contributed by atoms with Crippen molar-refractivity contribution < 1.29 is 0 Å². The summed E-state index contributed by atoms with van der Waals surface area (Å²) >= 11 is 3.29. The molecule has 10 heavy (non-hydrogen) atoms. The van der Waals surface area contributed by atoms with Gasteiger partial charge in [0.1, 0.15) is 0 Å². The SMILES string of the molecule is CC(=CBr)c1ccccc1. The summed E-state index contributed by atoms with van der Waals surface area (Å²) in [6.45, 7) is 2.07. The van der Waals surface area contributed by atoms with E-state index in [2.05, 4.69) is 35.0 Å². The molecule has 1 aromatic carbocycles. The van der Waals surface area contributed by atoms with Crippen molar-refractivity contribution in [1.82, 2.24) is 0 Å². The van der Waals surface area contributed by atoms with Crippen molar-refractivity contribution in [3.05, 3.63) is 40.9 Å². The first-order valence-electron chi connectivity index (χ1n) is 3.17. The Hall–Kier alpha value is -0.560. The summed E-state index contributed by atoms with van der Waals surface area (Å²) < 4.78 is 0. The van der Waals surface area contributed by atoms with Gasteiger partial charge < -0.3 is 0 Å². The second-order valence-corrected chi connectivity index (χ2v) is 2.62. The van der Waals surface area contributed by atoms with E-state index in [1.165, 1.54) is 11.1 Å². The van der Waals surface area contributed by atoms with Gasteiger partial charge in [-0.2, -0.15) is 0 Å². The molecule has 52 valence electrons. The van der Waals surface area contributed by atoms with Crippen LogP contribution in [0, 0.1) is 0 Å². The van der Waals surface area contributed by atoms with Crippen LogP contribution in [-0.4, -0.2) is 0 Å². The van der Waals surface area contributed by atoms with Crippen molar-refractivity contribution in [2.24, 2.45) is 0 Å². The second kappa shape index (κ2) is 3.57. The molecule has 0 aromatic heterocycles. The lowest BCUT2D eigenvalue weighted by Gasteiger charge is -1.96. The standard InChI is InChI=1S/C9H9Br/c1-8(7-10)9-5-3-2-4-6-9/h2-7H,1H3. The van der Waals surface area contributed by atoms with Crippen molar-refractivity contribution in [3.8, 4) is 0 Å². The highest BCUT2D eigenvalue weighted by Gasteiger charge is 1.89. The number of rotatable bonds is 1. The minimum absolute atomic E-state index is 1.25. The summed E-state index contributed by atoms with van der Waals surface area (Å²) in [5, 5.41) is 0. The van der Waals surface area contributed by atoms with Crippen molar-refractivity contribution in [2.75, 3.05) is 0 Å². The van der Waals surface area contributed by atoms with Crippen LogP contribution in [0.3, 0.4) is 0 Å². The molecule has 0 nitrogen and oxygen atoms in total. The fourth-order valence-electron chi connectivity index (χ4n) is 0.764. The van der Waals surface area contributed by atoms with E-state index in [1.54, 1.807) is 0 Å². The molecule has 0 amide bonds. The van der Waals surface area contributed by atoms with Gasteiger partial charge in [0.05, 0.1) is 0 Å². The zero-order valence-corrected chi connectivity index (χ0v) is 7.43. The van der Waals surface area contributed by atoms with Crippen LogP contribution < -0.4 is 0 Å². The summed E-state index contributed by atoms with van der Waals surface area (Å²) in [6.07, 6.45) is 0. The van der Waals surface area contributed by atoms with Crippen LogP contribution >= 0.6 is 15.9 Å². The lowest BCUT2D eigenvalue weighted by Crippen LogP contribution is -1.74. The molecule has 0 N–H and O–H groups in total. The molecule has 0 aliphatic carbocycles. The highest BCUT2D eigenvalue weighted by molar-refractivity contribution is 9.11. The quantitative estimate of drug-likeness (QED) is 0.646. The van der Waals surface area contributed by atoms with Crippen molar-refractivity contribution in [2.45, 2.75) is 6.92 Å². The van der Waals surface area contributed by atoms with Gasteiger partial charge >= 0.3 is 0 Å². The molecule has 0 aliphatic rings. The third-order valence-corrected chi connectivity index (χ3v) is 2.08. The van der Waals surface area contributed by atoms with Crippen molar-refractivity contribution in [1.29, 1.82) is 0 Å². The number of allylic oxidation sites excluding steroid dienone is 1. The molecule has 0 radical (unpaired) electrons. The highest BCUT2D eigenvalue weighted by atomic mass is 79.9. The maximum absolute atomic E-state index is 3.29. The van der Waals surface area contributed by atoms with E-state index in [1.807, 2.05) is 23.2 Å². The Kier molecular flexibility index (Phi) is 2.69. The van der Waals surface area contributed by atoms with E-state index in [0.29, 0.717) is 0 Å². The monoisotopic (exact) mass is 196 g/mol. The zero-order chi connectivity index (χ0) is 7.40. The van der Waals surface area contributed by atoms with Gasteiger partial charge in [0, 0.05) is 0 Å². The zero-order valence-electron chi connectivity index (χ0n) is 5.84. The maximum Gasteiger partial charge on any atom is -0.0154 e. The van der Waals surface area contributed by atoms with Crippen LogP contribution in [0.2, 0.25) is 0 Å². The Morgan fingerprint density at radius 1 is 1.30 bits per heavy atom. The number of hydrogen-bond acceptors (Lipinski definition) is 0. The van der Waals surface area contributed by atoms with E-state index in [9.17, 15) is 0 Å². The molecular weight excluding hydrogens is 188 g/mol. The molecule has 1 rings (SSSR count). The van der Waals surface area contributed by atoms with E-state index in [0.717, 1.165) is 0 Å². The van der Waals surface area contributed by atoms with Crippen molar-refractivity contribution in [3.63, 3.8) is 0 Å². The lowest BCUT2D eigenvalue weighted by atomic mass is 10.1. The predicted molar refractivity (Wildman–Crippen MR) is 49.0 cm³/mol. The van der Waals surface area contributed by atoms with Gasteiger partial charge in [-0.25, -0.2) is 0 Å². The van der Waals surface area contributed by atoms with Crippen LogP contribution in [0.25, 0.3) is 5.57 Å². The molecule has 1 aromatic rings. The molecule has 0 spiro atoms. The van der Waals surface area contributed by atoms with E-state index >= 15 is 0 Å². The first-order valence-corrected chi connectivity index (χ1v) is 4.08. The van der Waals surface area contributed by atoms with E-state index in [-0.39, 0.29) is 0 Å². The summed E-state index contributed by atoms with van der Waals surface area (Å²) in [7, 11) is 0. The predicted octanol–water partition coefficient (Wildman–Crippen LogP) is 3.44. The molecule has 0 atom stereocenters. The van der Waals surface area contributed by atoms with Gasteiger partial charge in [0.15, 0.2) is 0 Å². The molecule has 0 saturated heterocycles. The molecule has 0 aliphatic heterocycles. The second-order valence-electron chi connectivity index (χ2n) is 2.16. The molecular formula is C9H9Br. The third kappa shape index (κ3) is 1.71. The Morgan fingerprint density at radius 3 is 2.40 bits per heavy atom. The molecule has 0 bridgehead atoms. The number of halogens is 1. The minimum atomic E-state index is 1.25. The molecule has 0 fully saturated rings. The summed E-state index contributed by atoms with van der Waals surface area (Å²) in [5.41, 5.74) is 2.51. The summed E-state index contributed by atoms with van der Waals surface area (Å²) in [4.78, 5) is 1.93. The fourth-order valence-corrected chi connectivity index (χ4v) is 1.03. The Bertz CT molecular complexity index is 224. The van der Waals surface area contributed by atoms with Crippen LogP contribution in [0.4, 0.5) is 0 Å². The Morgan fingerprint density at radius 2 is 1.90 bits per heavy atom. The van der Waals surface area contributed by atoms with Crippen LogP contribution in [0.5, 0.6) is 0 Å². The smallest absolute Gasteiger partial charge is 0.0154 e. The topological polar surface area (TPSA) is 0 Å². The van der Waals surface area contributed by atoms with Crippen LogP contribution in [0.15, 0.2) is 35.3 Å².